The van der Waals surface area contributed by atoms with Crippen LogP contribution in [-0.2, 0) is 11.2 Å². The molecule has 37 heavy (non-hydrogen) atoms. The van der Waals surface area contributed by atoms with Crippen LogP contribution in [0.2, 0.25) is 0 Å². The number of rotatable bonds is 8. The predicted octanol–water partition coefficient (Wildman–Crippen LogP) is 5.86. The summed E-state index contributed by atoms with van der Waals surface area (Å²) < 4.78 is 19.1. The molecule has 5 nitrogen and oxygen atoms in total. The molecule has 0 aliphatic carbocycles. The van der Waals surface area contributed by atoms with E-state index in [4.69, 9.17) is 9.84 Å². The van der Waals surface area contributed by atoms with Crippen molar-refractivity contribution in [2.45, 2.75) is 38.6 Å². The van der Waals surface area contributed by atoms with Crippen molar-refractivity contribution in [3.05, 3.63) is 101 Å². The third kappa shape index (κ3) is 6.25. The zero-order valence-corrected chi connectivity index (χ0v) is 21.4. The molecule has 0 aromatic heterocycles. The van der Waals surface area contributed by atoms with Crippen molar-refractivity contribution in [3.8, 4) is 5.75 Å². The smallest absolute Gasteiger partial charge is 0.257 e. The molecule has 0 unspecified atom stereocenters. The molecule has 2 aliphatic heterocycles. The number of benzene rings is 3. The summed E-state index contributed by atoms with van der Waals surface area (Å²) in [6.07, 6.45) is 3.87. The van der Waals surface area contributed by atoms with Gasteiger partial charge >= 0.3 is 0 Å². The summed E-state index contributed by atoms with van der Waals surface area (Å²) in [5.74, 6) is 1.17. The second kappa shape index (κ2) is 11.7. The summed E-state index contributed by atoms with van der Waals surface area (Å²) in [5, 5.41) is 6.40. The van der Waals surface area contributed by atoms with E-state index >= 15 is 0 Å². The molecule has 192 valence electrons. The van der Waals surface area contributed by atoms with Crippen LogP contribution in [-0.4, -0.2) is 47.8 Å². The number of hydrogen-bond acceptors (Lipinski definition) is 4. The molecule has 6 heteroatoms. The first-order valence-corrected chi connectivity index (χ1v) is 13.2. The van der Waals surface area contributed by atoms with Gasteiger partial charge < -0.3 is 4.74 Å². The summed E-state index contributed by atoms with van der Waals surface area (Å²) in [6.45, 7) is 4.75. The first-order valence-electron chi connectivity index (χ1n) is 13.2. The summed E-state index contributed by atoms with van der Waals surface area (Å²) in [5.41, 5.74) is 4.04. The van der Waals surface area contributed by atoms with Gasteiger partial charge in [0.05, 0.1) is 24.9 Å². The van der Waals surface area contributed by atoms with E-state index in [0.29, 0.717) is 25.5 Å². The number of carbonyl (C=O) groups is 1. The van der Waals surface area contributed by atoms with E-state index in [2.05, 4.69) is 35.2 Å². The molecule has 0 spiro atoms. The molecule has 2 aliphatic rings. The minimum absolute atomic E-state index is 0.00231. The van der Waals surface area contributed by atoms with Gasteiger partial charge in [0.25, 0.3) is 5.91 Å². The molecular formula is C31H34FN3O2. The summed E-state index contributed by atoms with van der Waals surface area (Å²) in [4.78, 5) is 15.8. The van der Waals surface area contributed by atoms with Crippen molar-refractivity contribution in [2.24, 2.45) is 11.0 Å². The van der Waals surface area contributed by atoms with Crippen LogP contribution in [0.25, 0.3) is 0 Å². The maximum Gasteiger partial charge on any atom is 0.257 e. The van der Waals surface area contributed by atoms with Crippen LogP contribution in [0.1, 0.15) is 48.9 Å². The Labute approximate surface area is 218 Å². The highest BCUT2D eigenvalue weighted by molar-refractivity contribution is 6.03. The SMILES string of the molecule is CCOc1ccc([C@H]2CC(c3ccc(F)cc3)=NN2C(=O)CN2CCC(Cc3ccccc3)CC2)cc1. The maximum atomic E-state index is 13.6. The number of carbonyl (C=O) groups excluding carboxylic acids is 1. The maximum absolute atomic E-state index is 13.6. The molecule has 1 amide bonds. The van der Waals surface area contributed by atoms with E-state index in [-0.39, 0.29) is 17.8 Å². The third-order valence-electron chi connectivity index (χ3n) is 7.35. The third-order valence-corrected chi connectivity index (χ3v) is 7.35. The fraction of sp³-hybridized carbons (Fsp3) is 0.355. The van der Waals surface area contributed by atoms with Crippen LogP contribution in [0.3, 0.4) is 0 Å². The molecule has 0 radical (unpaired) electrons. The number of halogens is 1. The first-order chi connectivity index (χ1) is 18.1. The van der Waals surface area contributed by atoms with Crippen LogP contribution in [0.5, 0.6) is 5.75 Å². The lowest BCUT2D eigenvalue weighted by molar-refractivity contribution is -0.134. The molecule has 0 bridgehead atoms. The standard InChI is InChI=1S/C31H34FN3O2/c1-2-37-28-14-10-26(11-15-28)30-21-29(25-8-12-27(32)13-9-25)33-35(30)31(36)22-34-18-16-24(17-19-34)20-23-6-4-3-5-7-23/h3-15,24,30H,2,16-22H2,1H3/t30-/m1/s1. The highest BCUT2D eigenvalue weighted by Crippen LogP contribution is 2.34. The summed E-state index contributed by atoms with van der Waals surface area (Å²) in [7, 11) is 0. The Morgan fingerprint density at radius 3 is 2.35 bits per heavy atom. The average molecular weight is 500 g/mol. The van der Waals surface area contributed by atoms with E-state index in [9.17, 15) is 9.18 Å². The summed E-state index contributed by atoms with van der Waals surface area (Å²) >= 11 is 0. The molecule has 1 fully saturated rings. The van der Waals surface area contributed by atoms with Gasteiger partial charge in [-0.2, -0.15) is 5.10 Å². The van der Waals surface area contributed by atoms with E-state index in [1.165, 1.54) is 17.7 Å². The zero-order chi connectivity index (χ0) is 25.6. The lowest BCUT2D eigenvalue weighted by Crippen LogP contribution is -2.42. The molecule has 0 N–H and O–H groups in total. The number of hydrazone groups is 1. The van der Waals surface area contributed by atoms with Crippen molar-refractivity contribution < 1.29 is 13.9 Å². The van der Waals surface area contributed by atoms with Gasteiger partial charge in [-0.25, -0.2) is 9.40 Å². The van der Waals surface area contributed by atoms with Crippen LogP contribution < -0.4 is 4.74 Å². The fourth-order valence-electron chi connectivity index (χ4n) is 5.33. The molecule has 3 aromatic rings. The lowest BCUT2D eigenvalue weighted by Gasteiger charge is -2.33. The highest BCUT2D eigenvalue weighted by Gasteiger charge is 2.34. The van der Waals surface area contributed by atoms with Crippen LogP contribution in [0.4, 0.5) is 4.39 Å². The number of nitrogens with zero attached hydrogens (tertiary/aromatic N) is 3. The van der Waals surface area contributed by atoms with Crippen LogP contribution in [0.15, 0.2) is 84.0 Å². The average Bonchev–Trinajstić information content (AvgIpc) is 3.37. The Bertz CT molecular complexity index is 1200. The Kier molecular flexibility index (Phi) is 7.95. The second-order valence-electron chi connectivity index (χ2n) is 9.92. The van der Waals surface area contributed by atoms with Crippen molar-refractivity contribution in [1.82, 2.24) is 9.91 Å². The zero-order valence-electron chi connectivity index (χ0n) is 21.4. The van der Waals surface area contributed by atoms with Gasteiger partial charge in [-0.3, -0.25) is 9.69 Å². The molecule has 1 atom stereocenters. The number of ether oxygens (including phenoxy) is 1. The van der Waals surface area contributed by atoms with Crippen molar-refractivity contribution in [1.29, 1.82) is 0 Å². The normalized spacial score (nSPS) is 18.6. The van der Waals surface area contributed by atoms with Gasteiger partial charge in [-0.15, -0.1) is 0 Å². The van der Waals surface area contributed by atoms with Crippen molar-refractivity contribution in [2.75, 3.05) is 26.2 Å². The number of amides is 1. The Balaban J connectivity index is 1.27. The first kappa shape index (κ1) is 25.2. The Hall–Kier alpha value is -3.51. The highest BCUT2D eigenvalue weighted by atomic mass is 19.1. The largest absolute Gasteiger partial charge is 0.494 e. The lowest BCUT2D eigenvalue weighted by atomic mass is 9.90. The Morgan fingerprint density at radius 2 is 1.68 bits per heavy atom. The molecule has 5 rings (SSSR count). The van der Waals surface area contributed by atoms with E-state index in [1.807, 2.05) is 31.2 Å². The van der Waals surface area contributed by atoms with Gasteiger partial charge in [0.2, 0.25) is 0 Å². The van der Waals surface area contributed by atoms with E-state index in [0.717, 1.165) is 54.9 Å². The molecular weight excluding hydrogens is 465 g/mol. The quantitative estimate of drug-likeness (QED) is 0.390. The summed E-state index contributed by atoms with van der Waals surface area (Å²) in [6, 6.07) is 24.7. The number of piperidine rings is 1. The Morgan fingerprint density at radius 1 is 0.973 bits per heavy atom. The molecule has 0 saturated carbocycles. The monoisotopic (exact) mass is 499 g/mol. The van der Waals surface area contributed by atoms with Crippen molar-refractivity contribution in [3.63, 3.8) is 0 Å². The van der Waals surface area contributed by atoms with Gasteiger partial charge in [-0.1, -0.05) is 54.6 Å². The van der Waals surface area contributed by atoms with Gasteiger partial charge in [0.1, 0.15) is 11.6 Å². The van der Waals surface area contributed by atoms with E-state index < -0.39 is 0 Å². The number of hydrogen-bond donors (Lipinski definition) is 0. The van der Waals surface area contributed by atoms with Gasteiger partial charge in [0.15, 0.2) is 0 Å². The van der Waals surface area contributed by atoms with E-state index in [1.54, 1.807) is 17.1 Å². The fourth-order valence-corrected chi connectivity index (χ4v) is 5.33. The van der Waals surface area contributed by atoms with Gasteiger partial charge in [0, 0.05) is 6.42 Å². The van der Waals surface area contributed by atoms with Gasteiger partial charge in [-0.05, 0) is 86.1 Å². The van der Waals surface area contributed by atoms with Crippen molar-refractivity contribution >= 4 is 11.6 Å². The van der Waals surface area contributed by atoms with Crippen LogP contribution >= 0.6 is 0 Å². The molecule has 2 heterocycles. The van der Waals surface area contributed by atoms with Crippen LogP contribution in [0, 0.1) is 11.7 Å². The minimum Gasteiger partial charge on any atom is -0.494 e. The molecule has 3 aromatic carbocycles. The number of likely N-dealkylation sites (tertiary alicyclic amines) is 1. The predicted molar refractivity (Wildman–Crippen MR) is 144 cm³/mol. The molecule has 1 saturated heterocycles. The second-order valence-corrected chi connectivity index (χ2v) is 9.92. The minimum atomic E-state index is -0.283. The topological polar surface area (TPSA) is 45.1 Å².